The van der Waals surface area contributed by atoms with Crippen molar-refractivity contribution in [2.75, 3.05) is 7.05 Å². The van der Waals surface area contributed by atoms with Crippen molar-refractivity contribution in [3.8, 4) is 0 Å². The van der Waals surface area contributed by atoms with Gasteiger partial charge < -0.3 is 0 Å². The zero-order valence-electron chi connectivity index (χ0n) is 8.22. The lowest BCUT2D eigenvalue weighted by atomic mass is 10.2. The van der Waals surface area contributed by atoms with Crippen LogP contribution in [0.3, 0.4) is 0 Å². The zero-order chi connectivity index (χ0) is 11.6. The molecule has 1 rings (SSSR count). The predicted molar refractivity (Wildman–Crippen MR) is 54.1 cm³/mol. The van der Waals surface area contributed by atoms with E-state index in [1.165, 1.54) is 32.2 Å². The van der Waals surface area contributed by atoms with Crippen molar-refractivity contribution in [2.24, 2.45) is 0 Å². The maximum Gasteiger partial charge on any atom is 0.272 e. The largest absolute Gasteiger partial charge is 0.272 e. The zero-order valence-corrected chi connectivity index (χ0v) is 9.04. The molecule has 7 heteroatoms. The molecular weight excluding hydrogens is 220 g/mol. The lowest BCUT2D eigenvalue weighted by Crippen LogP contribution is -2.18. The van der Waals surface area contributed by atoms with Crippen molar-refractivity contribution in [2.45, 2.75) is 11.8 Å². The van der Waals surface area contributed by atoms with E-state index < -0.39 is 14.9 Å². The predicted octanol–water partition coefficient (Wildman–Crippen LogP) is 0.811. The van der Waals surface area contributed by atoms with Crippen molar-refractivity contribution in [3.05, 3.63) is 33.9 Å². The van der Waals surface area contributed by atoms with Gasteiger partial charge >= 0.3 is 0 Å². The summed E-state index contributed by atoms with van der Waals surface area (Å²) in [7, 11) is -2.25. The van der Waals surface area contributed by atoms with Crippen LogP contribution in [0.15, 0.2) is 23.1 Å². The van der Waals surface area contributed by atoms with Gasteiger partial charge in [-0.2, -0.15) is 0 Å². The minimum absolute atomic E-state index is 0.0214. The van der Waals surface area contributed by atoms with Gasteiger partial charge in [0.2, 0.25) is 10.0 Å². The first-order valence-electron chi connectivity index (χ1n) is 4.07. The SMILES string of the molecule is CNS(=O)(=O)c1ccc([N+](=O)[O-])c(C)c1. The van der Waals surface area contributed by atoms with Gasteiger partial charge in [-0.3, -0.25) is 10.1 Å². The summed E-state index contributed by atoms with van der Waals surface area (Å²) in [6, 6.07) is 3.65. The fourth-order valence-electron chi connectivity index (χ4n) is 1.12. The van der Waals surface area contributed by atoms with Gasteiger partial charge in [-0.15, -0.1) is 0 Å². The van der Waals surface area contributed by atoms with Crippen molar-refractivity contribution in [1.29, 1.82) is 0 Å². The van der Waals surface area contributed by atoms with E-state index in [9.17, 15) is 18.5 Å². The second-order valence-corrected chi connectivity index (χ2v) is 4.80. The van der Waals surface area contributed by atoms with Crippen LogP contribution in [0.5, 0.6) is 0 Å². The minimum atomic E-state index is -3.54. The van der Waals surface area contributed by atoms with E-state index in [0.29, 0.717) is 5.56 Å². The molecule has 6 nitrogen and oxygen atoms in total. The summed E-state index contributed by atoms with van der Waals surface area (Å²) in [4.78, 5) is 9.96. The molecule has 1 aromatic rings. The molecule has 1 N–H and O–H groups in total. The Morgan fingerprint density at radius 2 is 2.00 bits per heavy atom. The van der Waals surface area contributed by atoms with Crippen LogP contribution in [0.25, 0.3) is 0 Å². The Bertz CT molecular complexity index is 495. The summed E-state index contributed by atoms with van der Waals surface area (Å²) in [5.41, 5.74) is 0.223. The Balaban J connectivity index is 3.30. The van der Waals surface area contributed by atoms with E-state index in [0.717, 1.165) is 0 Å². The maximum atomic E-state index is 11.4. The number of nitro groups is 1. The molecule has 1 aromatic carbocycles. The fourth-order valence-corrected chi connectivity index (χ4v) is 1.93. The minimum Gasteiger partial charge on any atom is -0.258 e. The van der Waals surface area contributed by atoms with Crippen molar-refractivity contribution in [1.82, 2.24) is 4.72 Å². The Hall–Kier alpha value is -1.47. The van der Waals surface area contributed by atoms with Crippen molar-refractivity contribution < 1.29 is 13.3 Å². The van der Waals surface area contributed by atoms with Gasteiger partial charge in [0.15, 0.2) is 0 Å². The number of hydrogen-bond acceptors (Lipinski definition) is 4. The maximum absolute atomic E-state index is 11.4. The summed E-state index contributed by atoms with van der Waals surface area (Å²) in [5, 5.41) is 10.5. The second-order valence-electron chi connectivity index (χ2n) is 2.91. The van der Waals surface area contributed by atoms with Gasteiger partial charge in [0.25, 0.3) is 5.69 Å². The third-order valence-electron chi connectivity index (χ3n) is 1.94. The van der Waals surface area contributed by atoms with Crippen LogP contribution in [0.1, 0.15) is 5.56 Å². The highest BCUT2D eigenvalue weighted by Gasteiger charge is 2.16. The van der Waals surface area contributed by atoms with Crippen LogP contribution in [-0.2, 0) is 10.0 Å². The summed E-state index contributed by atoms with van der Waals surface area (Å²) < 4.78 is 24.8. The van der Waals surface area contributed by atoms with Crippen LogP contribution >= 0.6 is 0 Å². The van der Waals surface area contributed by atoms with Crippen LogP contribution in [-0.4, -0.2) is 20.4 Å². The first kappa shape index (κ1) is 11.6. The molecular formula is C8H10N2O4S. The quantitative estimate of drug-likeness (QED) is 0.614. The van der Waals surface area contributed by atoms with Gasteiger partial charge in [0.1, 0.15) is 0 Å². The number of aryl methyl sites for hydroxylation is 1. The lowest BCUT2D eigenvalue weighted by Gasteiger charge is -2.03. The molecule has 15 heavy (non-hydrogen) atoms. The van der Waals surface area contributed by atoms with Crippen molar-refractivity contribution in [3.63, 3.8) is 0 Å². The Kier molecular flexibility index (Phi) is 3.06. The van der Waals surface area contributed by atoms with Gasteiger partial charge in [-0.05, 0) is 26.1 Å². The number of rotatable bonds is 3. The van der Waals surface area contributed by atoms with Gasteiger partial charge in [-0.1, -0.05) is 0 Å². The molecule has 0 heterocycles. The van der Waals surface area contributed by atoms with Gasteiger partial charge in [-0.25, -0.2) is 13.1 Å². The average molecular weight is 230 g/mol. The van der Waals surface area contributed by atoms with Crippen LogP contribution in [0.2, 0.25) is 0 Å². The van der Waals surface area contributed by atoms with Crippen LogP contribution in [0.4, 0.5) is 5.69 Å². The molecule has 0 atom stereocenters. The second kappa shape index (κ2) is 3.95. The third kappa shape index (κ3) is 2.31. The molecule has 0 bridgehead atoms. The van der Waals surface area contributed by atoms with E-state index >= 15 is 0 Å². The average Bonchev–Trinajstić information content (AvgIpc) is 2.17. The number of sulfonamides is 1. The summed E-state index contributed by atoms with van der Waals surface area (Å²) >= 11 is 0. The number of nitrogens with one attached hydrogen (secondary N) is 1. The fraction of sp³-hybridized carbons (Fsp3) is 0.250. The molecule has 0 amide bonds. The van der Waals surface area contributed by atoms with Gasteiger partial charge in [0, 0.05) is 11.6 Å². The highest BCUT2D eigenvalue weighted by molar-refractivity contribution is 7.89. The van der Waals surface area contributed by atoms with E-state index in [4.69, 9.17) is 0 Å². The number of hydrogen-bond donors (Lipinski definition) is 1. The molecule has 0 spiro atoms. The van der Waals surface area contributed by atoms with E-state index in [2.05, 4.69) is 4.72 Å². The van der Waals surface area contributed by atoms with Crippen molar-refractivity contribution >= 4 is 15.7 Å². The third-order valence-corrected chi connectivity index (χ3v) is 3.36. The van der Waals surface area contributed by atoms with Gasteiger partial charge in [0.05, 0.1) is 9.82 Å². The monoisotopic (exact) mass is 230 g/mol. The summed E-state index contributed by atoms with van der Waals surface area (Å²) in [6.07, 6.45) is 0. The summed E-state index contributed by atoms with van der Waals surface area (Å²) in [5.74, 6) is 0. The molecule has 0 aliphatic carbocycles. The molecule has 0 radical (unpaired) electrons. The highest BCUT2D eigenvalue weighted by Crippen LogP contribution is 2.20. The van der Waals surface area contributed by atoms with E-state index in [1.54, 1.807) is 0 Å². The molecule has 0 aliphatic heterocycles. The van der Waals surface area contributed by atoms with E-state index in [-0.39, 0.29) is 10.6 Å². The lowest BCUT2D eigenvalue weighted by molar-refractivity contribution is -0.385. The molecule has 0 aliphatic rings. The summed E-state index contributed by atoms with van der Waals surface area (Å²) in [6.45, 7) is 1.49. The van der Waals surface area contributed by atoms with Crippen LogP contribution < -0.4 is 4.72 Å². The standard InChI is InChI=1S/C8H10N2O4S/c1-6-5-7(15(13,14)9-2)3-4-8(6)10(11)12/h3-5,9H,1-2H3. The molecule has 0 saturated carbocycles. The molecule has 82 valence electrons. The molecule has 0 unspecified atom stereocenters. The smallest absolute Gasteiger partial charge is 0.258 e. The first-order chi connectivity index (χ1) is 6.88. The number of nitro benzene ring substituents is 1. The molecule has 0 aromatic heterocycles. The highest BCUT2D eigenvalue weighted by atomic mass is 32.2. The molecule has 0 saturated heterocycles. The number of benzene rings is 1. The Labute approximate surface area is 87.1 Å². The normalized spacial score (nSPS) is 11.3. The number of nitrogens with zero attached hydrogens (tertiary/aromatic N) is 1. The van der Waals surface area contributed by atoms with E-state index in [1.807, 2.05) is 0 Å². The first-order valence-corrected chi connectivity index (χ1v) is 5.55. The Morgan fingerprint density at radius 3 is 2.40 bits per heavy atom. The van der Waals surface area contributed by atoms with Crippen LogP contribution in [0, 0.1) is 17.0 Å². The topological polar surface area (TPSA) is 89.3 Å². The molecule has 0 fully saturated rings. The Morgan fingerprint density at radius 1 is 1.40 bits per heavy atom.